The molecule has 29 heavy (non-hydrogen) atoms. The average molecular weight is 458 g/mol. The number of halogens is 1. The number of carbonyl (C=O) groups is 1. The molecule has 2 aliphatic heterocycles. The number of nitrogens with one attached hydrogen (secondary N) is 1. The van der Waals surface area contributed by atoms with Crippen molar-refractivity contribution in [2.24, 2.45) is 0 Å². The zero-order valence-electron chi connectivity index (χ0n) is 16.9. The third-order valence-corrected chi connectivity index (χ3v) is 6.36. The Hall–Kier alpha value is -1.89. The predicted octanol–water partition coefficient (Wildman–Crippen LogP) is 3.63. The number of benzene rings is 2. The molecule has 1 amide bonds. The summed E-state index contributed by atoms with van der Waals surface area (Å²) in [5, 5.41) is 3.16. The second-order valence-electron chi connectivity index (χ2n) is 7.80. The number of ether oxygens (including phenoxy) is 1. The first kappa shape index (κ1) is 20.4. The van der Waals surface area contributed by atoms with Crippen molar-refractivity contribution in [3.63, 3.8) is 0 Å². The summed E-state index contributed by atoms with van der Waals surface area (Å²) in [6.45, 7) is 4.94. The monoisotopic (exact) mass is 457 g/mol. The van der Waals surface area contributed by atoms with Crippen LogP contribution in [-0.2, 0) is 11.2 Å². The van der Waals surface area contributed by atoms with Crippen molar-refractivity contribution in [1.82, 2.24) is 10.2 Å². The van der Waals surface area contributed by atoms with E-state index in [-0.39, 0.29) is 11.9 Å². The van der Waals surface area contributed by atoms with Gasteiger partial charge in [0.25, 0.3) is 5.91 Å². The van der Waals surface area contributed by atoms with Crippen LogP contribution in [0.3, 0.4) is 0 Å². The maximum absolute atomic E-state index is 12.7. The molecule has 1 atom stereocenters. The molecule has 0 radical (unpaired) electrons. The first-order chi connectivity index (χ1) is 14.1. The Labute approximate surface area is 181 Å². The van der Waals surface area contributed by atoms with Crippen LogP contribution in [0.1, 0.15) is 33.9 Å². The summed E-state index contributed by atoms with van der Waals surface area (Å²) in [4.78, 5) is 17.5. The summed E-state index contributed by atoms with van der Waals surface area (Å²) in [6.07, 6.45) is 2.31. The van der Waals surface area contributed by atoms with Crippen molar-refractivity contribution in [2.45, 2.75) is 18.9 Å². The van der Waals surface area contributed by atoms with Gasteiger partial charge in [-0.05, 0) is 48.2 Å². The number of amides is 1. The molecule has 2 aromatic carbocycles. The largest absolute Gasteiger partial charge is 0.379 e. The van der Waals surface area contributed by atoms with Crippen molar-refractivity contribution in [2.75, 3.05) is 51.3 Å². The van der Waals surface area contributed by atoms with Crippen LogP contribution in [0.15, 0.2) is 46.9 Å². The Bertz CT molecular complexity index is 867. The van der Waals surface area contributed by atoms with Crippen LogP contribution in [0.2, 0.25) is 0 Å². The number of hydrogen-bond donors (Lipinski definition) is 1. The lowest BCUT2D eigenvalue weighted by atomic mass is 9.95. The number of hydrogen-bond acceptors (Lipinski definition) is 4. The summed E-state index contributed by atoms with van der Waals surface area (Å²) >= 11 is 3.44. The Morgan fingerprint density at radius 3 is 2.79 bits per heavy atom. The maximum atomic E-state index is 12.7. The quantitative estimate of drug-likeness (QED) is 0.744. The lowest BCUT2D eigenvalue weighted by Gasteiger charge is -2.36. The molecule has 154 valence electrons. The Balaban J connectivity index is 1.54. The zero-order valence-corrected chi connectivity index (χ0v) is 18.5. The van der Waals surface area contributed by atoms with Gasteiger partial charge in [0, 0.05) is 49.0 Å². The van der Waals surface area contributed by atoms with Crippen LogP contribution in [0.5, 0.6) is 0 Å². The van der Waals surface area contributed by atoms with Gasteiger partial charge in [0.05, 0.1) is 19.3 Å². The van der Waals surface area contributed by atoms with E-state index in [0.717, 1.165) is 43.7 Å². The predicted molar refractivity (Wildman–Crippen MR) is 120 cm³/mol. The van der Waals surface area contributed by atoms with E-state index in [1.807, 2.05) is 24.3 Å². The van der Waals surface area contributed by atoms with E-state index in [9.17, 15) is 4.79 Å². The average Bonchev–Trinajstić information content (AvgIpc) is 2.74. The van der Waals surface area contributed by atoms with Crippen LogP contribution >= 0.6 is 15.9 Å². The van der Waals surface area contributed by atoms with Crippen molar-refractivity contribution in [3.8, 4) is 0 Å². The van der Waals surface area contributed by atoms with Crippen molar-refractivity contribution in [1.29, 1.82) is 0 Å². The molecule has 0 aliphatic carbocycles. The molecule has 0 aromatic heterocycles. The smallest absolute Gasteiger partial charge is 0.251 e. The Morgan fingerprint density at radius 2 is 2.00 bits per heavy atom. The lowest BCUT2D eigenvalue weighted by molar-refractivity contribution is 0.0162. The van der Waals surface area contributed by atoms with Crippen molar-refractivity contribution >= 4 is 27.5 Å². The van der Waals surface area contributed by atoms with E-state index in [0.29, 0.717) is 12.1 Å². The molecular weight excluding hydrogens is 430 g/mol. The molecule has 5 nitrogen and oxygen atoms in total. The highest BCUT2D eigenvalue weighted by Crippen LogP contribution is 2.31. The number of morpholine rings is 1. The summed E-state index contributed by atoms with van der Waals surface area (Å²) in [5.74, 6) is -0.0396. The van der Waals surface area contributed by atoms with Crippen LogP contribution < -0.4 is 10.2 Å². The van der Waals surface area contributed by atoms with Crippen LogP contribution in [-0.4, -0.2) is 57.2 Å². The molecule has 1 fully saturated rings. The van der Waals surface area contributed by atoms with Crippen LogP contribution in [0.4, 0.5) is 5.69 Å². The first-order valence-corrected chi connectivity index (χ1v) is 11.1. The van der Waals surface area contributed by atoms with Gasteiger partial charge in [-0.2, -0.15) is 0 Å². The highest BCUT2D eigenvalue weighted by molar-refractivity contribution is 9.10. The molecule has 0 bridgehead atoms. The van der Waals surface area contributed by atoms with E-state index in [1.54, 1.807) is 0 Å². The molecule has 2 aliphatic rings. The number of rotatable bonds is 5. The fraction of sp³-hybridized carbons (Fsp3) is 0.435. The third kappa shape index (κ3) is 4.82. The van der Waals surface area contributed by atoms with Gasteiger partial charge in [0.1, 0.15) is 0 Å². The summed E-state index contributed by atoms with van der Waals surface area (Å²) in [6, 6.07) is 14.5. The summed E-state index contributed by atoms with van der Waals surface area (Å²) in [7, 11) is 2.16. The van der Waals surface area contributed by atoms with E-state index >= 15 is 0 Å². The molecule has 1 saturated heterocycles. The molecule has 0 unspecified atom stereocenters. The van der Waals surface area contributed by atoms with Crippen molar-refractivity contribution < 1.29 is 9.53 Å². The van der Waals surface area contributed by atoms with Gasteiger partial charge in [0.2, 0.25) is 0 Å². The number of fused-ring (bicyclic) bond motifs is 1. The molecule has 1 N–H and O–H groups in total. The Morgan fingerprint density at radius 1 is 1.17 bits per heavy atom. The number of carbonyl (C=O) groups excluding carboxylic acids is 1. The van der Waals surface area contributed by atoms with Crippen molar-refractivity contribution in [3.05, 3.63) is 63.6 Å². The van der Waals surface area contributed by atoms with Gasteiger partial charge in [-0.1, -0.05) is 34.1 Å². The van der Waals surface area contributed by atoms with Crippen LogP contribution in [0.25, 0.3) is 0 Å². The van der Waals surface area contributed by atoms with Gasteiger partial charge in [-0.25, -0.2) is 0 Å². The fourth-order valence-corrected chi connectivity index (χ4v) is 4.68. The maximum Gasteiger partial charge on any atom is 0.251 e. The van der Waals surface area contributed by atoms with Gasteiger partial charge in [-0.15, -0.1) is 0 Å². The van der Waals surface area contributed by atoms with E-state index in [4.69, 9.17) is 4.74 Å². The second kappa shape index (κ2) is 9.28. The standard InChI is InChI=1S/C23H28BrN3O2/c1-26-9-3-5-17-14-18(7-8-21(17)26)22(27-10-12-29-13-11-27)16-25-23(28)19-4-2-6-20(24)15-19/h2,4,6-8,14-15,22H,3,5,9-13,16H2,1H3,(H,25,28)/t22-/m1/s1. The lowest BCUT2D eigenvalue weighted by Crippen LogP contribution is -2.44. The topological polar surface area (TPSA) is 44.8 Å². The zero-order chi connectivity index (χ0) is 20.2. The second-order valence-corrected chi connectivity index (χ2v) is 8.71. The number of anilines is 1. The minimum absolute atomic E-state index is 0.0396. The summed E-state index contributed by atoms with van der Waals surface area (Å²) in [5.41, 5.74) is 4.69. The van der Waals surface area contributed by atoms with Gasteiger partial charge in [-0.3, -0.25) is 9.69 Å². The minimum Gasteiger partial charge on any atom is -0.379 e. The van der Waals surface area contributed by atoms with Gasteiger partial charge >= 0.3 is 0 Å². The number of nitrogens with zero attached hydrogens (tertiary/aromatic N) is 2. The molecule has 2 aromatic rings. The van der Waals surface area contributed by atoms with Gasteiger partial charge < -0.3 is 15.0 Å². The fourth-order valence-electron chi connectivity index (χ4n) is 4.28. The molecule has 0 spiro atoms. The third-order valence-electron chi connectivity index (χ3n) is 5.87. The minimum atomic E-state index is -0.0396. The number of aryl methyl sites for hydroxylation is 1. The Kier molecular flexibility index (Phi) is 6.53. The molecule has 2 heterocycles. The van der Waals surface area contributed by atoms with E-state index in [2.05, 4.69) is 56.3 Å². The van der Waals surface area contributed by atoms with Gasteiger partial charge in [0.15, 0.2) is 0 Å². The highest BCUT2D eigenvalue weighted by atomic mass is 79.9. The normalized spacial score (nSPS) is 18.2. The molecule has 0 saturated carbocycles. The highest BCUT2D eigenvalue weighted by Gasteiger charge is 2.25. The molecular formula is C23H28BrN3O2. The molecule has 4 rings (SSSR count). The van der Waals surface area contributed by atoms with Crippen LogP contribution in [0, 0.1) is 0 Å². The van der Waals surface area contributed by atoms with E-state index < -0.39 is 0 Å². The SMILES string of the molecule is CN1CCCc2cc([C@@H](CNC(=O)c3cccc(Br)c3)N3CCOCC3)ccc21. The van der Waals surface area contributed by atoms with E-state index in [1.165, 1.54) is 23.2 Å². The molecule has 6 heteroatoms. The first-order valence-electron chi connectivity index (χ1n) is 10.3. The summed E-state index contributed by atoms with van der Waals surface area (Å²) < 4.78 is 6.47.